The molecule has 2 saturated heterocycles. The van der Waals surface area contributed by atoms with Gasteiger partial charge in [-0.2, -0.15) is 0 Å². The maximum Gasteiger partial charge on any atom is 0.246 e. The second kappa shape index (κ2) is 7.98. The van der Waals surface area contributed by atoms with E-state index in [1.807, 2.05) is 0 Å². The van der Waals surface area contributed by atoms with Crippen LogP contribution in [0.5, 0.6) is 0 Å². The lowest BCUT2D eigenvalue weighted by atomic mass is 10.1. The second-order valence-electron chi connectivity index (χ2n) is 6.38. The number of amides is 2. The van der Waals surface area contributed by atoms with Gasteiger partial charge in [-0.15, -0.1) is 11.8 Å². The van der Waals surface area contributed by atoms with Gasteiger partial charge in [0, 0.05) is 12.3 Å². The normalized spacial score (nSPS) is 36.0. The fourth-order valence-corrected chi connectivity index (χ4v) is 4.01. The summed E-state index contributed by atoms with van der Waals surface area (Å²) in [6.07, 6.45) is -0.630. The molecule has 0 bridgehead atoms. The van der Waals surface area contributed by atoms with E-state index in [0.29, 0.717) is 13.0 Å². The van der Waals surface area contributed by atoms with E-state index in [-0.39, 0.29) is 18.1 Å². The summed E-state index contributed by atoms with van der Waals surface area (Å²) in [6, 6.07) is -1.71. The van der Waals surface area contributed by atoms with Crippen LogP contribution in [0.25, 0.3) is 0 Å². The first kappa shape index (κ1) is 18.5. The number of nitrogens with one attached hydrogen (secondary N) is 2. The van der Waals surface area contributed by atoms with E-state index in [1.165, 1.54) is 0 Å². The molecule has 2 fully saturated rings. The number of carbonyl (C=O) groups excluding carboxylic acids is 2. The third-order valence-electron chi connectivity index (χ3n) is 4.56. The van der Waals surface area contributed by atoms with E-state index >= 15 is 0 Å². The Morgan fingerprint density at radius 1 is 1.52 bits per heavy atom. The van der Waals surface area contributed by atoms with E-state index in [2.05, 4.69) is 15.6 Å². The Bertz CT molecular complexity index is 549. The van der Waals surface area contributed by atoms with Gasteiger partial charge in [-0.25, -0.2) is 0 Å². The molecule has 3 rings (SSSR count). The molecule has 0 spiro atoms. The third kappa shape index (κ3) is 4.30. The van der Waals surface area contributed by atoms with Gasteiger partial charge in [-0.05, 0) is 19.3 Å². The maximum atomic E-state index is 12.9. The number of aliphatic hydroxyl groups excluding tert-OH is 1. The molecule has 3 heterocycles. The molecule has 3 aliphatic heterocycles. The summed E-state index contributed by atoms with van der Waals surface area (Å²) < 4.78 is 4.91. The summed E-state index contributed by atoms with van der Waals surface area (Å²) in [5, 5.41) is 14.7. The van der Waals surface area contributed by atoms with Crippen LogP contribution in [0.2, 0.25) is 0 Å². The largest absolute Gasteiger partial charge is 0.356 e. The smallest absolute Gasteiger partial charge is 0.246 e. The standard InChI is InChI=1S/C14H24N6O4S/c15-9-2-1-3-20(9)13(22)8(4-7-5-25-6-17-7)18-12(21)10-11(16)24-14(23)19-10/h6-11,14,19,23H,1-5,15-16H2,(H,18,21)/t7?,8-,9?,10?,11?,14?/m0/s1. The zero-order valence-electron chi connectivity index (χ0n) is 13.7. The highest BCUT2D eigenvalue weighted by Gasteiger charge is 2.39. The number of carbonyl (C=O) groups is 2. The number of aliphatic hydroxyl groups is 1. The van der Waals surface area contributed by atoms with Crippen LogP contribution in [0, 0.1) is 0 Å². The third-order valence-corrected chi connectivity index (χ3v) is 5.41. The average Bonchev–Trinajstić information content (AvgIpc) is 3.28. The molecule has 25 heavy (non-hydrogen) atoms. The lowest BCUT2D eigenvalue weighted by Crippen LogP contribution is -2.58. The number of hydrogen-bond donors (Lipinski definition) is 5. The van der Waals surface area contributed by atoms with Crippen molar-refractivity contribution in [3.8, 4) is 0 Å². The van der Waals surface area contributed by atoms with Gasteiger partial charge in [-0.1, -0.05) is 0 Å². The van der Waals surface area contributed by atoms with Crippen molar-refractivity contribution in [1.82, 2.24) is 15.5 Å². The van der Waals surface area contributed by atoms with Crippen LogP contribution in [0.4, 0.5) is 0 Å². The number of ether oxygens (including phenoxy) is 1. The molecule has 140 valence electrons. The van der Waals surface area contributed by atoms with Crippen molar-refractivity contribution in [2.75, 3.05) is 12.3 Å². The van der Waals surface area contributed by atoms with Gasteiger partial charge in [0.15, 0.2) is 0 Å². The van der Waals surface area contributed by atoms with Crippen LogP contribution in [0.15, 0.2) is 4.99 Å². The number of nitrogens with two attached hydrogens (primary N) is 2. The van der Waals surface area contributed by atoms with Gasteiger partial charge in [-0.3, -0.25) is 19.9 Å². The minimum Gasteiger partial charge on any atom is -0.356 e. The number of nitrogens with zero attached hydrogens (tertiary/aromatic N) is 2. The minimum absolute atomic E-state index is 0.0369. The molecule has 0 aromatic heterocycles. The molecule has 2 amide bonds. The maximum absolute atomic E-state index is 12.9. The zero-order valence-corrected chi connectivity index (χ0v) is 14.5. The van der Waals surface area contributed by atoms with Gasteiger partial charge in [0.05, 0.1) is 17.8 Å². The monoisotopic (exact) mass is 372 g/mol. The lowest BCUT2D eigenvalue weighted by molar-refractivity contribution is -0.138. The number of thioether (sulfide) groups is 1. The SMILES string of the molecule is NC1OC(O)NC1C(=O)N[C@@H](CC1CSC=N1)C(=O)N1CCCC1N. The number of hydrogen-bond acceptors (Lipinski definition) is 9. The lowest BCUT2D eigenvalue weighted by Gasteiger charge is -2.29. The Morgan fingerprint density at radius 2 is 2.32 bits per heavy atom. The Kier molecular flexibility index (Phi) is 5.92. The van der Waals surface area contributed by atoms with Crippen molar-refractivity contribution >= 4 is 29.1 Å². The van der Waals surface area contributed by atoms with Crippen molar-refractivity contribution < 1.29 is 19.4 Å². The van der Waals surface area contributed by atoms with Crippen molar-refractivity contribution in [1.29, 1.82) is 0 Å². The van der Waals surface area contributed by atoms with E-state index in [4.69, 9.17) is 16.2 Å². The molecular formula is C14H24N6O4S. The first-order valence-corrected chi connectivity index (χ1v) is 9.35. The highest BCUT2D eigenvalue weighted by Crippen LogP contribution is 2.20. The molecule has 0 aromatic carbocycles. The summed E-state index contributed by atoms with van der Waals surface area (Å²) in [5.41, 5.74) is 13.4. The molecule has 10 nitrogen and oxygen atoms in total. The summed E-state index contributed by atoms with van der Waals surface area (Å²) in [4.78, 5) is 31.3. The van der Waals surface area contributed by atoms with Gasteiger partial charge in [0.2, 0.25) is 18.2 Å². The van der Waals surface area contributed by atoms with Crippen LogP contribution in [0.3, 0.4) is 0 Å². The Hall–Kier alpha value is -1.24. The molecule has 11 heteroatoms. The molecule has 0 radical (unpaired) electrons. The summed E-state index contributed by atoms with van der Waals surface area (Å²) >= 11 is 1.57. The summed E-state index contributed by atoms with van der Waals surface area (Å²) in [7, 11) is 0. The van der Waals surface area contributed by atoms with E-state index in [1.54, 1.807) is 22.2 Å². The topological polar surface area (TPSA) is 155 Å². The number of aliphatic imine (C=N–C) groups is 1. The van der Waals surface area contributed by atoms with Crippen molar-refractivity contribution in [2.24, 2.45) is 16.5 Å². The van der Waals surface area contributed by atoms with Crippen LogP contribution >= 0.6 is 11.8 Å². The van der Waals surface area contributed by atoms with Gasteiger partial charge < -0.3 is 31.5 Å². The predicted molar refractivity (Wildman–Crippen MR) is 92.2 cm³/mol. The van der Waals surface area contributed by atoms with Crippen LogP contribution in [-0.2, 0) is 14.3 Å². The van der Waals surface area contributed by atoms with Gasteiger partial charge in [0.25, 0.3) is 0 Å². The molecule has 0 aliphatic carbocycles. The van der Waals surface area contributed by atoms with Gasteiger partial charge in [0.1, 0.15) is 18.3 Å². The number of rotatable bonds is 5. The molecule has 3 aliphatic rings. The number of likely N-dealkylation sites (tertiary alicyclic amines) is 1. The zero-order chi connectivity index (χ0) is 18.0. The van der Waals surface area contributed by atoms with E-state index in [9.17, 15) is 14.7 Å². The van der Waals surface area contributed by atoms with Crippen LogP contribution < -0.4 is 22.1 Å². The van der Waals surface area contributed by atoms with E-state index in [0.717, 1.165) is 18.6 Å². The molecule has 0 aromatic rings. The molecule has 5 unspecified atom stereocenters. The van der Waals surface area contributed by atoms with Gasteiger partial charge >= 0.3 is 0 Å². The van der Waals surface area contributed by atoms with Crippen molar-refractivity contribution in [2.45, 2.75) is 56.2 Å². The molecule has 0 saturated carbocycles. The fourth-order valence-electron chi connectivity index (χ4n) is 3.22. The second-order valence-corrected chi connectivity index (χ2v) is 7.25. The van der Waals surface area contributed by atoms with Crippen molar-refractivity contribution in [3.63, 3.8) is 0 Å². The summed E-state index contributed by atoms with van der Waals surface area (Å²) in [6.45, 7) is 0.581. The minimum atomic E-state index is -1.30. The first-order chi connectivity index (χ1) is 12.0. The highest BCUT2D eigenvalue weighted by atomic mass is 32.2. The Balaban J connectivity index is 1.68. The molecule has 7 N–H and O–H groups in total. The fraction of sp³-hybridized carbons (Fsp3) is 0.786. The first-order valence-electron chi connectivity index (χ1n) is 8.30. The predicted octanol–water partition coefficient (Wildman–Crippen LogP) is -2.54. The van der Waals surface area contributed by atoms with Crippen LogP contribution in [-0.4, -0.2) is 76.6 Å². The summed E-state index contributed by atoms with van der Waals surface area (Å²) in [5.74, 6) is 0.0672. The molecular weight excluding hydrogens is 348 g/mol. The highest BCUT2D eigenvalue weighted by molar-refractivity contribution is 8.12. The average molecular weight is 372 g/mol. The molecule has 6 atom stereocenters. The quantitative estimate of drug-likeness (QED) is 0.353. The van der Waals surface area contributed by atoms with E-state index < -0.39 is 30.6 Å². The van der Waals surface area contributed by atoms with Crippen LogP contribution in [0.1, 0.15) is 19.3 Å². The Morgan fingerprint density at radius 3 is 2.88 bits per heavy atom. The Labute approximate surface area is 149 Å². The van der Waals surface area contributed by atoms with Crippen molar-refractivity contribution in [3.05, 3.63) is 0 Å².